The zero-order valence-electron chi connectivity index (χ0n) is 6.72. The molecule has 3 N–H and O–H groups in total. The van der Waals surface area contributed by atoms with Crippen molar-refractivity contribution >= 4 is 11.8 Å². The van der Waals surface area contributed by atoms with Gasteiger partial charge >= 0.3 is 0 Å². The molecule has 1 aliphatic heterocycles. The molecule has 1 heterocycles. The van der Waals surface area contributed by atoms with Crippen LogP contribution in [0.25, 0.3) is 0 Å². The van der Waals surface area contributed by atoms with Gasteiger partial charge in [0.25, 0.3) is 0 Å². The Hall–Kier alpha value is -1.06. The Balaban J connectivity index is 0.000000187. The van der Waals surface area contributed by atoms with Gasteiger partial charge in [0.1, 0.15) is 0 Å². The quantitative estimate of drug-likeness (QED) is 0.553. The average molecular weight is 158 g/mol. The van der Waals surface area contributed by atoms with E-state index in [2.05, 4.69) is 11.1 Å². The minimum Gasteiger partial charge on any atom is -0.370 e. The summed E-state index contributed by atoms with van der Waals surface area (Å²) in [5.41, 5.74) is 4.65. The minimum absolute atomic E-state index is 0.204. The first-order valence-corrected chi connectivity index (χ1v) is 3.71. The first-order chi connectivity index (χ1) is 5.16. The predicted octanol–water partition coefficient (Wildman–Crippen LogP) is -0.222. The molecule has 0 unspecified atom stereocenters. The molecule has 2 amide bonds. The van der Waals surface area contributed by atoms with Crippen molar-refractivity contribution < 1.29 is 9.59 Å². The highest BCUT2D eigenvalue weighted by Gasteiger charge is 2.05. The predicted molar refractivity (Wildman–Crippen MR) is 41.7 cm³/mol. The third kappa shape index (κ3) is 6.83. The number of primary amides is 1. The lowest BCUT2D eigenvalue weighted by Crippen LogP contribution is -2.12. The Kier molecular flexibility index (Phi) is 5.15. The summed E-state index contributed by atoms with van der Waals surface area (Å²) in [6.07, 6.45) is 2.21. The Morgan fingerprint density at radius 2 is 2.27 bits per heavy atom. The fourth-order valence-corrected chi connectivity index (χ4v) is 0.565. The second-order valence-corrected chi connectivity index (χ2v) is 2.27. The van der Waals surface area contributed by atoms with Crippen LogP contribution in [0, 0.1) is 0 Å². The molecule has 11 heavy (non-hydrogen) atoms. The number of carbonyl (C=O) groups is 2. The second kappa shape index (κ2) is 5.70. The van der Waals surface area contributed by atoms with Crippen LogP contribution in [0.4, 0.5) is 0 Å². The molecule has 0 radical (unpaired) electrons. The van der Waals surface area contributed by atoms with Crippen LogP contribution in [0.2, 0.25) is 0 Å². The van der Waals surface area contributed by atoms with Crippen molar-refractivity contribution in [2.75, 3.05) is 6.54 Å². The average Bonchev–Trinajstić information content (AvgIpc) is 2.41. The van der Waals surface area contributed by atoms with Crippen molar-refractivity contribution in [2.24, 2.45) is 5.73 Å². The van der Waals surface area contributed by atoms with Gasteiger partial charge in [0.2, 0.25) is 11.8 Å². The van der Waals surface area contributed by atoms with Crippen LogP contribution < -0.4 is 11.1 Å². The molecule has 0 bridgehead atoms. The second-order valence-electron chi connectivity index (χ2n) is 2.27. The lowest BCUT2D eigenvalue weighted by atomic mass is 10.4. The SMILES string of the molecule is CCC(N)=O.O=C1CCCN1. The summed E-state index contributed by atoms with van der Waals surface area (Å²) < 4.78 is 0. The smallest absolute Gasteiger partial charge is 0.220 e. The van der Waals surface area contributed by atoms with Crippen molar-refractivity contribution in [2.45, 2.75) is 26.2 Å². The summed E-state index contributed by atoms with van der Waals surface area (Å²) in [5.74, 6) is -0.0417. The molecule has 0 aliphatic carbocycles. The largest absolute Gasteiger partial charge is 0.370 e. The van der Waals surface area contributed by atoms with E-state index in [0.717, 1.165) is 19.4 Å². The number of hydrogen-bond acceptors (Lipinski definition) is 2. The van der Waals surface area contributed by atoms with Crippen molar-refractivity contribution in [3.63, 3.8) is 0 Å². The van der Waals surface area contributed by atoms with E-state index in [1.54, 1.807) is 6.92 Å². The van der Waals surface area contributed by atoms with E-state index in [-0.39, 0.29) is 11.8 Å². The van der Waals surface area contributed by atoms with Gasteiger partial charge in [0.15, 0.2) is 0 Å². The monoisotopic (exact) mass is 158 g/mol. The van der Waals surface area contributed by atoms with Crippen LogP contribution in [0.15, 0.2) is 0 Å². The topological polar surface area (TPSA) is 72.2 Å². The molecule has 64 valence electrons. The van der Waals surface area contributed by atoms with Gasteiger partial charge in [-0.05, 0) is 6.42 Å². The first-order valence-electron chi connectivity index (χ1n) is 3.71. The van der Waals surface area contributed by atoms with Crippen molar-refractivity contribution in [3.05, 3.63) is 0 Å². The molecule has 4 heteroatoms. The highest BCUT2D eigenvalue weighted by Crippen LogP contribution is 1.93. The van der Waals surface area contributed by atoms with Gasteiger partial charge < -0.3 is 11.1 Å². The fraction of sp³-hybridized carbons (Fsp3) is 0.714. The van der Waals surface area contributed by atoms with Gasteiger partial charge in [-0.3, -0.25) is 9.59 Å². The van der Waals surface area contributed by atoms with Crippen LogP contribution in [0.5, 0.6) is 0 Å². The molecular weight excluding hydrogens is 144 g/mol. The Bertz CT molecular complexity index is 137. The summed E-state index contributed by atoms with van der Waals surface area (Å²) >= 11 is 0. The van der Waals surface area contributed by atoms with Gasteiger partial charge in [0.05, 0.1) is 0 Å². The molecule has 1 rings (SSSR count). The Morgan fingerprint density at radius 1 is 1.73 bits per heavy atom. The summed E-state index contributed by atoms with van der Waals surface area (Å²) in [5, 5.41) is 2.68. The van der Waals surface area contributed by atoms with Crippen LogP contribution in [0.1, 0.15) is 26.2 Å². The number of nitrogens with two attached hydrogens (primary N) is 1. The molecule has 0 atom stereocenters. The number of nitrogens with one attached hydrogen (secondary N) is 1. The van der Waals surface area contributed by atoms with Crippen LogP contribution in [0.3, 0.4) is 0 Å². The fourth-order valence-electron chi connectivity index (χ4n) is 0.565. The maximum atomic E-state index is 10.1. The van der Waals surface area contributed by atoms with Crippen molar-refractivity contribution in [3.8, 4) is 0 Å². The highest BCUT2D eigenvalue weighted by atomic mass is 16.2. The lowest BCUT2D eigenvalue weighted by molar-refractivity contribution is -0.119. The highest BCUT2D eigenvalue weighted by molar-refractivity contribution is 5.77. The van der Waals surface area contributed by atoms with Gasteiger partial charge in [-0.15, -0.1) is 0 Å². The first kappa shape index (κ1) is 9.94. The standard InChI is InChI=1S/C4H7NO.C3H7NO/c6-4-2-1-3-5-4;1-2-3(4)5/h1-3H2,(H,5,6);2H2,1H3,(H2,4,5). The summed E-state index contributed by atoms with van der Waals surface area (Å²) in [7, 11) is 0. The van der Waals surface area contributed by atoms with Crippen LogP contribution in [-0.4, -0.2) is 18.4 Å². The van der Waals surface area contributed by atoms with E-state index in [9.17, 15) is 9.59 Å². The molecule has 1 saturated heterocycles. The van der Waals surface area contributed by atoms with Crippen LogP contribution >= 0.6 is 0 Å². The zero-order chi connectivity index (χ0) is 8.69. The number of carbonyl (C=O) groups excluding carboxylic acids is 2. The Morgan fingerprint density at radius 3 is 2.36 bits per heavy atom. The molecule has 0 saturated carbocycles. The normalized spacial score (nSPS) is 14.8. The molecule has 0 aromatic carbocycles. The molecule has 1 aliphatic rings. The maximum absolute atomic E-state index is 10.1. The third-order valence-corrected chi connectivity index (χ3v) is 1.25. The number of amides is 2. The molecular formula is C7H14N2O2. The molecule has 0 spiro atoms. The summed E-state index contributed by atoms with van der Waals surface area (Å²) in [6.45, 7) is 2.61. The maximum Gasteiger partial charge on any atom is 0.220 e. The zero-order valence-corrected chi connectivity index (χ0v) is 6.72. The molecule has 1 fully saturated rings. The summed E-state index contributed by atoms with van der Waals surface area (Å²) in [6, 6.07) is 0. The van der Waals surface area contributed by atoms with Crippen LogP contribution in [-0.2, 0) is 9.59 Å². The van der Waals surface area contributed by atoms with Crippen molar-refractivity contribution in [1.29, 1.82) is 0 Å². The van der Waals surface area contributed by atoms with Crippen molar-refractivity contribution in [1.82, 2.24) is 5.32 Å². The molecule has 4 nitrogen and oxygen atoms in total. The van der Waals surface area contributed by atoms with Gasteiger partial charge in [-0.25, -0.2) is 0 Å². The van der Waals surface area contributed by atoms with E-state index >= 15 is 0 Å². The van der Waals surface area contributed by atoms with E-state index in [1.165, 1.54) is 0 Å². The Labute approximate surface area is 66.1 Å². The third-order valence-electron chi connectivity index (χ3n) is 1.25. The van der Waals surface area contributed by atoms with E-state index in [1.807, 2.05) is 0 Å². The van der Waals surface area contributed by atoms with Gasteiger partial charge in [-0.2, -0.15) is 0 Å². The number of hydrogen-bond donors (Lipinski definition) is 2. The lowest BCUT2D eigenvalue weighted by Gasteiger charge is -1.80. The summed E-state index contributed by atoms with van der Waals surface area (Å²) in [4.78, 5) is 19.7. The van der Waals surface area contributed by atoms with E-state index < -0.39 is 0 Å². The van der Waals surface area contributed by atoms with E-state index in [0.29, 0.717) is 6.42 Å². The molecule has 0 aromatic rings. The number of rotatable bonds is 1. The van der Waals surface area contributed by atoms with E-state index in [4.69, 9.17) is 0 Å². The van der Waals surface area contributed by atoms with Gasteiger partial charge in [0, 0.05) is 19.4 Å². The molecule has 0 aromatic heterocycles. The minimum atomic E-state index is -0.245. The van der Waals surface area contributed by atoms with Gasteiger partial charge in [-0.1, -0.05) is 6.92 Å².